The summed E-state index contributed by atoms with van der Waals surface area (Å²) in [6, 6.07) is 0. The Hall–Kier alpha value is -1.08. The molecule has 0 atom stereocenters. The van der Waals surface area contributed by atoms with Crippen molar-refractivity contribution in [2.75, 3.05) is 13.2 Å². The molecule has 0 radical (unpaired) electrons. The van der Waals surface area contributed by atoms with E-state index in [-0.39, 0.29) is 12.2 Å². The van der Waals surface area contributed by atoms with E-state index < -0.39 is 39.2 Å². The van der Waals surface area contributed by atoms with Crippen LogP contribution in [0.1, 0.15) is 32.6 Å². The Labute approximate surface area is 110 Å². The van der Waals surface area contributed by atoms with Gasteiger partial charge in [0.05, 0.1) is 0 Å². The quantitative estimate of drug-likeness (QED) is 0.336. The maximum absolute atomic E-state index is 11.2. The molecule has 0 saturated carbocycles. The van der Waals surface area contributed by atoms with Gasteiger partial charge < -0.3 is 14.5 Å². The molecule has 0 aliphatic heterocycles. The number of unbranched alkanes of at least 4 members (excludes halogenated alkanes) is 1. The Morgan fingerprint density at radius 2 is 1.74 bits per heavy atom. The summed E-state index contributed by atoms with van der Waals surface area (Å²) in [6.45, 7) is 0.368. The van der Waals surface area contributed by atoms with Crippen LogP contribution in [0.15, 0.2) is 0 Å². The zero-order valence-corrected chi connectivity index (χ0v) is 11.4. The number of phosphoric acid groups is 1. The second-order valence-electron chi connectivity index (χ2n) is 3.78. The van der Waals surface area contributed by atoms with Crippen LogP contribution in [0.25, 0.3) is 0 Å². The smallest absolute Gasteiger partial charge is 0.457 e. The largest absolute Gasteiger partial charge is 0.470 e. The summed E-state index contributed by atoms with van der Waals surface area (Å²) >= 11 is 0. The predicted octanol–water partition coefficient (Wildman–Crippen LogP) is 0.357. The van der Waals surface area contributed by atoms with Gasteiger partial charge in [-0.1, -0.05) is 13.3 Å². The summed E-state index contributed by atoms with van der Waals surface area (Å²) < 4.78 is 18.7. The molecule has 9 heteroatoms. The molecule has 0 heterocycles. The SMILES string of the molecule is CCCCC(=O)CC(=O)OCC(=O)COP(=O)(O)O. The van der Waals surface area contributed by atoms with Gasteiger partial charge in [-0.15, -0.1) is 0 Å². The fourth-order valence-electron chi connectivity index (χ4n) is 1.03. The van der Waals surface area contributed by atoms with Crippen LogP contribution < -0.4 is 0 Å². The number of Topliss-reactive ketones (excluding diaryl/α,β-unsaturated/α-hetero) is 2. The average Bonchev–Trinajstić information content (AvgIpc) is 2.30. The van der Waals surface area contributed by atoms with E-state index in [0.717, 1.165) is 6.42 Å². The first kappa shape index (κ1) is 17.9. The second kappa shape index (κ2) is 8.92. The zero-order chi connectivity index (χ0) is 14.9. The number of carbonyl (C=O) groups excluding carboxylic acids is 3. The molecule has 0 aliphatic carbocycles. The molecule has 0 unspecified atom stereocenters. The highest BCUT2D eigenvalue weighted by Crippen LogP contribution is 2.35. The lowest BCUT2D eigenvalue weighted by Crippen LogP contribution is -2.19. The molecule has 19 heavy (non-hydrogen) atoms. The van der Waals surface area contributed by atoms with Crippen molar-refractivity contribution in [2.24, 2.45) is 0 Å². The zero-order valence-electron chi connectivity index (χ0n) is 10.5. The van der Waals surface area contributed by atoms with Gasteiger partial charge in [-0.25, -0.2) is 4.57 Å². The lowest BCUT2D eigenvalue weighted by molar-refractivity contribution is -0.150. The predicted molar refractivity (Wildman–Crippen MR) is 63.1 cm³/mol. The van der Waals surface area contributed by atoms with Crippen molar-refractivity contribution in [1.82, 2.24) is 0 Å². The molecule has 0 saturated heterocycles. The Morgan fingerprint density at radius 3 is 2.26 bits per heavy atom. The van der Waals surface area contributed by atoms with Crippen molar-refractivity contribution in [1.29, 1.82) is 0 Å². The van der Waals surface area contributed by atoms with Crippen LogP contribution in [0, 0.1) is 0 Å². The Bertz CT molecular complexity index is 372. The minimum atomic E-state index is -4.72. The molecular weight excluding hydrogens is 279 g/mol. The number of hydrogen-bond acceptors (Lipinski definition) is 6. The molecule has 0 aromatic carbocycles. The van der Waals surface area contributed by atoms with Gasteiger partial charge in [0, 0.05) is 6.42 Å². The van der Waals surface area contributed by atoms with Gasteiger partial charge >= 0.3 is 13.8 Å². The minimum Gasteiger partial charge on any atom is -0.457 e. The molecule has 0 amide bonds. The lowest BCUT2D eigenvalue weighted by atomic mass is 10.1. The van der Waals surface area contributed by atoms with Crippen molar-refractivity contribution in [2.45, 2.75) is 32.6 Å². The van der Waals surface area contributed by atoms with Crippen molar-refractivity contribution >= 4 is 25.4 Å². The summed E-state index contributed by atoms with van der Waals surface area (Å²) in [4.78, 5) is 50.0. The molecule has 0 aromatic heterocycles. The number of hydrogen-bond donors (Lipinski definition) is 2. The summed E-state index contributed by atoms with van der Waals surface area (Å²) in [5, 5.41) is 0. The lowest BCUT2D eigenvalue weighted by Gasteiger charge is -2.05. The van der Waals surface area contributed by atoms with Crippen molar-refractivity contribution in [3.63, 3.8) is 0 Å². The fraction of sp³-hybridized carbons (Fsp3) is 0.700. The van der Waals surface area contributed by atoms with Gasteiger partial charge in [0.1, 0.15) is 18.8 Å². The maximum atomic E-state index is 11.2. The highest BCUT2D eigenvalue weighted by atomic mass is 31.2. The van der Waals surface area contributed by atoms with Crippen LogP contribution in [0.5, 0.6) is 0 Å². The van der Waals surface area contributed by atoms with Crippen LogP contribution in [-0.2, 0) is 28.2 Å². The maximum Gasteiger partial charge on any atom is 0.470 e. The van der Waals surface area contributed by atoms with Crippen LogP contribution in [-0.4, -0.2) is 40.5 Å². The Morgan fingerprint density at radius 1 is 1.11 bits per heavy atom. The monoisotopic (exact) mass is 296 g/mol. The van der Waals surface area contributed by atoms with Crippen LogP contribution in [0.3, 0.4) is 0 Å². The second-order valence-corrected chi connectivity index (χ2v) is 5.02. The standard InChI is InChI=1S/C10H17O8P/c1-2-3-4-8(11)5-10(13)17-6-9(12)7-18-19(14,15)16/h2-7H2,1H3,(H2,14,15,16). The van der Waals surface area contributed by atoms with Gasteiger partial charge in [-0.05, 0) is 6.42 Å². The third-order valence-electron chi connectivity index (χ3n) is 1.94. The van der Waals surface area contributed by atoms with Gasteiger partial charge in [0.25, 0.3) is 0 Å². The topological polar surface area (TPSA) is 127 Å². The normalized spacial score (nSPS) is 11.1. The van der Waals surface area contributed by atoms with Crippen molar-refractivity contribution < 1.29 is 38.0 Å². The number of carbonyl (C=O) groups is 3. The molecule has 8 nitrogen and oxygen atoms in total. The first-order valence-corrected chi connectivity index (χ1v) is 7.16. The number of ether oxygens (including phenoxy) is 1. The van der Waals surface area contributed by atoms with E-state index in [9.17, 15) is 18.9 Å². The van der Waals surface area contributed by atoms with Gasteiger partial charge in [-0.2, -0.15) is 0 Å². The average molecular weight is 296 g/mol. The highest BCUT2D eigenvalue weighted by molar-refractivity contribution is 7.46. The first-order valence-electron chi connectivity index (χ1n) is 5.63. The third-order valence-corrected chi connectivity index (χ3v) is 2.40. The number of rotatable bonds is 10. The first-order chi connectivity index (χ1) is 8.74. The number of esters is 1. The van der Waals surface area contributed by atoms with E-state index >= 15 is 0 Å². The molecule has 0 bridgehead atoms. The highest BCUT2D eigenvalue weighted by Gasteiger charge is 2.17. The Kier molecular flexibility index (Phi) is 8.42. The van der Waals surface area contributed by atoms with E-state index in [4.69, 9.17) is 9.79 Å². The van der Waals surface area contributed by atoms with Gasteiger partial charge in [-0.3, -0.25) is 18.9 Å². The summed E-state index contributed by atoms with van der Waals surface area (Å²) in [7, 11) is -4.72. The summed E-state index contributed by atoms with van der Waals surface area (Å²) in [5.41, 5.74) is 0. The molecule has 110 valence electrons. The molecular formula is C10H17O8P. The molecule has 0 spiro atoms. The van der Waals surface area contributed by atoms with E-state index in [1.807, 2.05) is 6.92 Å². The van der Waals surface area contributed by atoms with Gasteiger partial charge in [0.2, 0.25) is 0 Å². The molecule has 0 aliphatic rings. The fourth-order valence-corrected chi connectivity index (χ4v) is 1.35. The molecule has 0 aromatic rings. The van der Waals surface area contributed by atoms with E-state index in [1.165, 1.54) is 0 Å². The van der Waals surface area contributed by atoms with Crippen LogP contribution in [0.4, 0.5) is 0 Å². The number of phosphoric ester groups is 1. The summed E-state index contributed by atoms with van der Waals surface area (Å²) in [5.74, 6) is -1.92. The van der Waals surface area contributed by atoms with Gasteiger partial charge in [0.15, 0.2) is 12.4 Å². The van der Waals surface area contributed by atoms with E-state index in [0.29, 0.717) is 6.42 Å². The van der Waals surface area contributed by atoms with Crippen molar-refractivity contribution in [3.05, 3.63) is 0 Å². The summed E-state index contributed by atoms with van der Waals surface area (Å²) in [6.07, 6.45) is 1.38. The Balaban J connectivity index is 3.81. The molecule has 0 fully saturated rings. The van der Waals surface area contributed by atoms with E-state index in [2.05, 4.69) is 9.26 Å². The van der Waals surface area contributed by atoms with Crippen LogP contribution >= 0.6 is 7.82 Å². The van der Waals surface area contributed by atoms with E-state index in [1.54, 1.807) is 0 Å². The van der Waals surface area contributed by atoms with Crippen LogP contribution in [0.2, 0.25) is 0 Å². The number of ketones is 2. The molecule has 2 N–H and O–H groups in total. The minimum absolute atomic E-state index is 0.272. The van der Waals surface area contributed by atoms with Crippen molar-refractivity contribution in [3.8, 4) is 0 Å². The molecule has 0 rings (SSSR count). The third kappa shape index (κ3) is 11.7.